The van der Waals surface area contributed by atoms with Crippen LogP contribution in [0.25, 0.3) is 0 Å². The first-order chi connectivity index (χ1) is 11.1. The normalized spacial score (nSPS) is 19.0. The fourth-order valence-electron chi connectivity index (χ4n) is 2.55. The number of nitrogens with one attached hydrogen (secondary N) is 1. The van der Waals surface area contributed by atoms with Crippen molar-refractivity contribution in [2.75, 3.05) is 16.8 Å². The summed E-state index contributed by atoms with van der Waals surface area (Å²) in [5.41, 5.74) is 0. The van der Waals surface area contributed by atoms with Crippen molar-refractivity contribution in [1.82, 2.24) is 9.97 Å². The Kier molecular flexibility index (Phi) is 4.18. The maximum Gasteiger partial charge on any atom is 0.415 e. The molecular formula is C16H20N4O3. The lowest BCUT2D eigenvalue weighted by Crippen LogP contribution is -2.37. The Morgan fingerprint density at radius 3 is 2.87 bits per heavy atom. The summed E-state index contributed by atoms with van der Waals surface area (Å²) in [7, 11) is 0. The van der Waals surface area contributed by atoms with Gasteiger partial charge in [0.1, 0.15) is 18.2 Å². The molecule has 1 saturated heterocycles. The molecule has 0 spiro atoms. The quantitative estimate of drug-likeness (QED) is 0.912. The summed E-state index contributed by atoms with van der Waals surface area (Å²) >= 11 is 0. The molecule has 122 valence electrons. The van der Waals surface area contributed by atoms with Gasteiger partial charge in [-0.3, -0.25) is 4.90 Å². The van der Waals surface area contributed by atoms with E-state index >= 15 is 0 Å². The van der Waals surface area contributed by atoms with Gasteiger partial charge in [0.25, 0.3) is 0 Å². The van der Waals surface area contributed by atoms with Crippen LogP contribution in [0.5, 0.6) is 0 Å². The Labute approximate surface area is 134 Å². The molecule has 0 bridgehead atoms. The van der Waals surface area contributed by atoms with E-state index in [1.807, 2.05) is 19.1 Å². The van der Waals surface area contributed by atoms with Crippen LogP contribution in [0, 0.1) is 5.92 Å². The van der Waals surface area contributed by atoms with Crippen LogP contribution in [0.4, 0.5) is 16.6 Å². The van der Waals surface area contributed by atoms with Crippen molar-refractivity contribution in [2.24, 2.45) is 5.92 Å². The number of amides is 1. The highest BCUT2D eigenvalue weighted by atomic mass is 16.6. The summed E-state index contributed by atoms with van der Waals surface area (Å²) in [5.74, 6) is 2.04. The Bertz CT molecular complexity index is 672. The summed E-state index contributed by atoms with van der Waals surface area (Å²) in [6.45, 7) is 6.44. The van der Waals surface area contributed by atoms with Crippen LogP contribution in [0.2, 0.25) is 0 Å². The van der Waals surface area contributed by atoms with Crippen molar-refractivity contribution in [1.29, 1.82) is 0 Å². The van der Waals surface area contributed by atoms with E-state index in [0.29, 0.717) is 18.4 Å². The summed E-state index contributed by atoms with van der Waals surface area (Å²) in [6, 6.07) is 5.33. The molecule has 3 rings (SSSR count). The first kappa shape index (κ1) is 15.3. The van der Waals surface area contributed by atoms with Crippen LogP contribution in [-0.4, -0.2) is 28.7 Å². The third-order valence-corrected chi connectivity index (χ3v) is 3.88. The molecule has 0 radical (unpaired) electrons. The minimum absolute atomic E-state index is 0.0206. The third kappa shape index (κ3) is 3.13. The molecular weight excluding hydrogens is 296 g/mol. The lowest BCUT2D eigenvalue weighted by molar-refractivity contribution is 0.177. The Balaban J connectivity index is 1.81. The second-order valence-electron chi connectivity index (χ2n) is 5.88. The number of furan rings is 1. The summed E-state index contributed by atoms with van der Waals surface area (Å²) in [4.78, 5) is 22.3. The fourth-order valence-corrected chi connectivity index (χ4v) is 2.55. The molecule has 0 saturated carbocycles. The summed E-state index contributed by atoms with van der Waals surface area (Å²) in [5, 5.41) is 3.17. The first-order valence-corrected chi connectivity index (χ1v) is 7.65. The molecule has 1 amide bonds. The second kappa shape index (κ2) is 6.28. The number of hydrogen-bond acceptors (Lipinski definition) is 6. The summed E-state index contributed by atoms with van der Waals surface area (Å²) < 4.78 is 10.5. The zero-order chi connectivity index (χ0) is 16.4. The van der Waals surface area contributed by atoms with E-state index in [2.05, 4.69) is 29.1 Å². The van der Waals surface area contributed by atoms with Crippen LogP contribution < -0.4 is 10.2 Å². The lowest BCUT2D eigenvalue weighted by Gasteiger charge is -2.23. The highest BCUT2D eigenvalue weighted by molar-refractivity contribution is 5.89. The van der Waals surface area contributed by atoms with Gasteiger partial charge in [-0.2, -0.15) is 4.98 Å². The standard InChI is InChI=1S/C16H20N4O3/c1-10(2)12-9-23-16(21)20(12)14-6-7-17-15(19-14)18-11(3)13-5-4-8-22-13/h4-8,10-12H,9H2,1-3H3,(H,17,18,19)/t11-,12+/m0/s1. The van der Waals surface area contributed by atoms with Crippen molar-refractivity contribution in [3.8, 4) is 0 Å². The summed E-state index contributed by atoms with van der Waals surface area (Å²) in [6.07, 6.45) is 2.88. The molecule has 7 heteroatoms. The maximum absolute atomic E-state index is 12.0. The van der Waals surface area contributed by atoms with E-state index in [1.165, 1.54) is 0 Å². The topological polar surface area (TPSA) is 80.5 Å². The predicted octanol–water partition coefficient (Wildman–Crippen LogP) is 3.22. The average Bonchev–Trinajstić information content (AvgIpc) is 3.16. The zero-order valence-electron chi connectivity index (χ0n) is 13.4. The average molecular weight is 316 g/mol. The molecule has 0 aliphatic carbocycles. The van der Waals surface area contributed by atoms with Crippen molar-refractivity contribution >= 4 is 17.9 Å². The van der Waals surface area contributed by atoms with Gasteiger partial charge < -0.3 is 14.5 Å². The van der Waals surface area contributed by atoms with Crippen LogP contribution in [-0.2, 0) is 4.74 Å². The molecule has 1 N–H and O–H groups in total. The van der Waals surface area contributed by atoms with Gasteiger partial charge in [-0.15, -0.1) is 0 Å². The molecule has 3 heterocycles. The number of anilines is 2. The number of carbonyl (C=O) groups excluding carboxylic acids is 1. The van der Waals surface area contributed by atoms with Gasteiger partial charge in [0.15, 0.2) is 0 Å². The van der Waals surface area contributed by atoms with E-state index < -0.39 is 0 Å². The highest BCUT2D eigenvalue weighted by Gasteiger charge is 2.37. The van der Waals surface area contributed by atoms with Crippen LogP contribution in [0.3, 0.4) is 0 Å². The molecule has 23 heavy (non-hydrogen) atoms. The number of ether oxygens (including phenoxy) is 1. The molecule has 1 aliphatic rings. The number of nitrogens with zero attached hydrogens (tertiary/aromatic N) is 3. The van der Waals surface area contributed by atoms with Gasteiger partial charge in [0.2, 0.25) is 5.95 Å². The number of rotatable bonds is 5. The van der Waals surface area contributed by atoms with Crippen molar-refractivity contribution in [2.45, 2.75) is 32.9 Å². The van der Waals surface area contributed by atoms with Gasteiger partial charge in [-0.05, 0) is 31.0 Å². The fraction of sp³-hybridized carbons (Fsp3) is 0.438. The Morgan fingerprint density at radius 2 is 2.17 bits per heavy atom. The van der Waals surface area contributed by atoms with Crippen molar-refractivity contribution in [3.05, 3.63) is 36.4 Å². The molecule has 2 aromatic heterocycles. The molecule has 2 atom stereocenters. The van der Waals surface area contributed by atoms with Crippen LogP contribution in [0.15, 0.2) is 35.1 Å². The number of hydrogen-bond donors (Lipinski definition) is 1. The van der Waals surface area contributed by atoms with E-state index in [0.717, 1.165) is 5.76 Å². The molecule has 1 aliphatic heterocycles. The second-order valence-corrected chi connectivity index (χ2v) is 5.88. The molecule has 2 aromatic rings. The smallest absolute Gasteiger partial charge is 0.415 e. The van der Waals surface area contributed by atoms with Crippen molar-refractivity contribution in [3.63, 3.8) is 0 Å². The molecule has 1 fully saturated rings. The minimum atomic E-state index is -0.368. The monoisotopic (exact) mass is 316 g/mol. The van der Waals surface area contributed by atoms with Gasteiger partial charge in [0.05, 0.1) is 18.3 Å². The van der Waals surface area contributed by atoms with Gasteiger partial charge >= 0.3 is 6.09 Å². The van der Waals surface area contributed by atoms with Crippen LogP contribution in [0.1, 0.15) is 32.6 Å². The van der Waals surface area contributed by atoms with Crippen molar-refractivity contribution < 1.29 is 13.9 Å². The molecule has 0 unspecified atom stereocenters. The van der Waals surface area contributed by atoms with E-state index in [1.54, 1.807) is 23.4 Å². The number of carbonyl (C=O) groups is 1. The lowest BCUT2D eigenvalue weighted by atomic mass is 10.0. The molecule has 7 nitrogen and oxygen atoms in total. The predicted molar refractivity (Wildman–Crippen MR) is 85.2 cm³/mol. The van der Waals surface area contributed by atoms with E-state index in [-0.39, 0.29) is 24.1 Å². The van der Waals surface area contributed by atoms with Gasteiger partial charge in [-0.25, -0.2) is 9.78 Å². The number of aromatic nitrogens is 2. The van der Waals surface area contributed by atoms with Gasteiger partial charge in [-0.1, -0.05) is 13.8 Å². The minimum Gasteiger partial charge on any atom is -0.467 e. The molecule has 0 aromatic carbocycles. The van der Waals surface area contributed by atoms with E-state index in [9.17, 15) is 4.79 Å². The third-order valence-electron chi connectivity index (χ3n) is 3.88. The Hall–Kier alpha value is -2.57. The van der Waals surface area contributed by atoms with Gasteiger partial charge in [0, 0.05) is 6.20 Å². The highest BCUT2D eigenvalue weighted by Crippen LogP contribution is 2.26. The SMILES string of the molecule is CC(C)[C@H]1COC(=O)N1c1ccnc(N[C@@H](C)c2ccco2)n1. The maximum atomic E-state index is 12.0. The first-order valence-electron chi connectivity index (χ1n) is 7.65. The number of cyclic esters (lactones) is 1. The Morgan fingerprint density at radius 1 is 1.35 bits per heavy atom. The zero-order valence-corrected chi connectivity index (χ0v) is 13.4. The van der Waals surface area contributed by atoms with Crippen LogP contribution >= 0.6 is 0 Å². The van der Waals surface area contributed by atoms with E-state index in [4.69, 9.17) is 9.15 Å². The largest absolute Gasteiger partial charge is 0.467 e.